The summed E-state index contributed by atoms with van der Waals surface area (Å²) in [6.45, 7) is 0. The topological polar surface area (TPSA) is 69.6 Å². The van der Waals surface area contributed by atoms with Crippen molar-refractivity contribution >= 4 is 56.6 Å². The molecule has 4 heterocycles. The van der Waals surface area contributed by atoms with Crippen molar-refractivity contribution < 1.29 is 4.63 Å². The molecule has 0 bridgehead atoms. The number of hydrogen-bond acceptors (Lipinski definition) is 6. The van der Waals surface area contributed by atoms with E-state index in [2.05, 4.69) is 80.4 Å². The Morgan fingerprint density at radius 1 is 0.867 bits per heavy atom. The van der Waals surface area contributed by atoms with Crippen molar-refractivity contribution in [1.29, 1.82) is 0 Å². The van der Waals surface area contributed by atoms with Gasteiger partial charge in [-0.1, -0.05) is 36.4 Å². The third kappa shape index (κ3) is 2.63. The van der Waals surface area contributed by atoms with Gasteiger partial charge in [0.05, 0.1) is 10.6 Å². The van der Waals surface area contributed by atoms with Gasteiger partial charge in [-0.2, -0.15) is 0 Å². The molecular weight excluding hydrogens is 394 g/mol. The van der Waals surface area contributed by atoms with Crippen LogP contribution < -0.4 is 0 Å². The highest BCUT2D eigenvalue weighted by Gasteiger charge is 2.13. The summed E-state index contributed by atoms with van der Waals surface area (Å²) in [5, 5.41) is 12.2. The van der Waals surface area contributed by atoms with E-state index in [-0.39, 0.29) is 0 Å². The van der Waals surface area contributed by atoms with Gasteiger partial charge in [0.15, 0.2) is 0 Å². The zero-order valence-electron chi connectivity index (χ0n) is 16.0. The molecule has 4 aromatic heterocycles. The van der Waals surface area contributed by atoms with Gasteiger partial charge in [0.2, 0.25) is 11.3 Å². The summed E-state index contributed by atoms with van der Waals surface area (Å²) in [4.78, 5) is 10.2. The molecule has 2 aromatic carbocycles. The van der Waals surface area contributed by atoms with E-state index in [0.29, 0.717) is 11.3 Å². The second kappa shape index (κ2) is 6.60. The molecule has 0 spiro atoms. The molecule has 6 aromatic rings. The van der Waals surface area contributed by atoms with Crippen molar-refractivity contribution in [3.8, 4) is 10.6 Å². The van der Waals surface area contributed by atoms with Crippen LogP contribution in [-0.2, 0) is 7.05 Å². The van der Waals surface area contributed by atoms with E-state index in [1.165, 1.54) is 21.8 Å². The van der Waals surface area contributed by atoms with Crippen LogP contribution in [0, 0.1) is 0 Å². The van der Waals surface area contributed by atoms with Crippen LogP contribution in [0.3, 0.4) is 0 Å². The van der Waals surface area contributed by atoms with E-state index in [4.69, 9.17) is 4.63 Å². The molecule has 144 valence electrons. The van der Waals surface area contributed by atoms with Gasteiger partial charge in [-0.3, -0.25) is 0 Å². The normalized spacial score (nSPS) is 12.0. The summed E-state index contributed by atoms with van der Waals surface area (Å²) in [6, 6.07) is 19.0. The lowest BCUT2D eigenvalue weighted by atomic mass is 10.1. The van der Waals surface area contributed by atoms with Crippen molar-refractivity contribution in [2.24, 2.45) is 7.05 Å². The maximum Gasteiger partial charge on any atom is 0.244 e. The van der Waals surface area contributed by atoms with E-state index < -0.39 is 0 Å². The molecule has 0 aliphatic rings. The quantitative estimate of drug-likeness (QED) is 0.383. The van der Waals surface area contributed by atoms with Gasteiger partial charge in [-0.15, -0.1) is 11.3 Å². The number of nitrogens with zero attached hydrogens (tertiary/aromatic N) is 5. The lowest BCUT2D eigenvalue weighted by molar-refractivity contribution is 0.314. The first-order valence-electron chi connectivity index (χ1n) is 9.47. The Balaban J connectivity index is 1.48. The molecule has 0 amide bonds. The first-order chi connectivity index (χ1) is 14.8. The minimum atomic E-state index is 0.402. The number of para-hydroxylation sites is 1. The van der Waals surface area contributed by atoms with Crippen molar-refractivity contribution in [3.63, 3.8) is 0 Å². The highest BCUT2D eigenvalue weighted by atomic mass is 32.1. The van der Waals surface area contributed by atoms with Crippen molar-refractivity contribution in [2.75, 3.05) is 0 Å². The van der Waals surface area contributed by atoms with E-state index in [1.807, 2.05) is 23.6 Å². The highest BCUT2D eigenvalue weighted by Crippen LogP contribution is 2.30. The third-order valence-electron chi connectivity index (χ3n) is 5.27. The third-order valence-corrected chi connectivity index (χ3v) is 6.14. The molecule has 0 N–H and O–H groups in total. The molecule has 6 rings (SSSR count). The second-order valence-corrected chi connectivity index (χ2v) is 7.98. The summed E-state index contributed by atoms with van der Waals surface area (Å²) in [7, 11) is 2.10. The highest BCUT2D eigenvalue weighted by molar-refractivity contribution is 7.13. The Labute approximate surface area is 175 Å². The lowest BCUT2D eigenvalue weighted by Crippen LogP contribution is -1.93. The zero-order chi connectivity index (χ0) is 20.1. The first kappa shape index (κ1) is 17.1. The predicted molar refractivity (Wildman–Crippen MR) is 120 cm³/mol. The molecule has 6 nitrogen and oxygen atoms in total. The Kier molecular flexibility index (Phi) is 3.75. The standard InChI is InChI=1S/C23H15N5OS/c1-28-18-6-3-2-5-15(18)16-13-14(9-11-19(16)28)8-10-17-21(20-7-4-12-30-20)25-23-22(24-17)26-29-27-23/h2-13H,1H3/b10-8+. The smallest absolute Gasteiger partial charge is 0.244 e. The van der Waals surface area contributed by atoms with Gasteiger partial charge in [-0.25, -0.2) is 14.6 Å². The van der Waals surface area contributed by atoms with Crippen LogP contribution in [0.15, 0.2) is 64.6 Å². The number of rotatable bonds is 3. The minimum Gasteiger partial charge on any atom is -0.344 e. The second-order valence-electron chi connectivity index (χ2n) is 7.03. The van der Waals surface area contributed by atoms with Crippen LogP contribution in [0.2, 0.25) is 0 Å². The number of hydrogen-bond donors (Lipinski definition) is 0. The molecule has 0 saturated heterocycles. The van der Waals surface area contributed by atoms with Crippen LogP contribution in [0.25, 0.3) is 55.8 Å². The maximum atomic E-state index is 4.80. The summed E-state index contributed by atoms with van der Waals surface area (Å²) >= 11 is 1.61. The number of aromatic nitrogens is 5. The SMILES string of the molecule is Cn1c2ccccc2c2cc(/C=C/c3nc4nonc4nc3-c3cccs3)ccc21. The summed E-state index contributed by atoms with van der Waals surface area (Å²) in [5.74, 6) is 0. The van der Waals surface area contributed by atoms with Crippen LogP contribution >= 0.6 is 11.3 Å². The number of aryl methyl sites for hydroxylation is 1. The number of thiophene rings is 1. The number of fused-ring (bicyclic) bond motifs is 4. The van der Waals surface area contributed by atoms with E-state index in [1.54, 1.807) is 11.3 Å². The predicted octanol–water partition coefficient (Wildman–Crippen LogP) is 5.56. The molecular formula is C23H15N5OS. The fraction of sp³-hybridized carbons (Fsp3) is 0.0435. The molecule has 0 saturated carbocycles. The average Bonchev–Trinajstić information content (AvgIpc) is 3.52. The molecule has 0 atom stereocenters. The van der Waals surface area contributed by atoms with Crippen LogP contribution in [-0.4, -0.2) is 24.8 Å². The Bertz CT molecular complexity index is 1560. The van der Waals surface area contributed by atoms with E-state index in [9.17, 15) is 0 Å². The van der Waals surface area contributed by atoms with Crippen LogP contribution in [0.1, 0.15) is 11.3 Å². The van der Waals surface area contributed by atoms with Gasteiger partial charge in [-0.05, 0) is 51.6 Å². The fourth-order valence-electron chi connectivity index (χ4n) is 3.83. The van der Waals surface area contributed by atoms with Gasteiger partial charge in [0, 0.05) is 28.9 Å². The fourth-order valence-corrected chi connectivity index (χ4v) is 4.55. The Hall–Kier alpha value is -3.84. The van der Waals surface area contributed by atoms with E-state index >= 15 is 0 Å². The molecule has 0 unspecified atom stereocenters. The molecule has 30 heavy (non-hydrogen) atoms. The van der Waals surface area contributed by atoms with Crippen molar-refractivity contribution in [2.45, 2.75) is 0 Å². The molecule has 0 aliphatic heterocycles. The molecule has 0 fully saturated rings. The van der Waals surface area contributed by atoms with Crippen LogP contribution in [0.5, 0.6) is 0 Å². The van der Waals surface area contributed by atoms with Crippen molar-refractivity contribution in [3.05, 3.63) is 71.2 Å². The average molecular weight is 409 g/mol. The molecule has 7 heteroatoms. The van der Waals surface area contributed by atoms with Gasteiger partial charge < -0.3 is 4.57 Å². The van der Waals surface area contributed by atoms with Crippen LogP contribution in [0.4, 0.5) is 0 Å². The Morgan fingerprint density at radius 2 is 1.70 bits per heavy atom. The van der Waals surface area contributed by atoms with Gasteiger partial charge in [0.1, 0.15) is 5.69 Å². The van der Waals surface area contributed by atoms with E-state index in [0.717, 1.165) is 21.8 Å². The Morgan fingerprint density at radius 3 is 2.57 bits per heavy atom. The first-order valence-corrected chi connectivity index (χ1v) is 10.4. The lowest BCUT2D eigenvalue weighted by Gasteiger charge is -2.02. The molecule has 0 radical (unpaired) electrons. The van der Waals surface area contributed by atoms with Gasteiger partial charge in [0.25, 0.3) is 0 Å². The summed E-state index contributed by atoms with van der Waals surface area (Å²) in [5.41, 5.74) is 5.85. The minimum absolute atomic E-state index is 0.402. The summed E-state index contributed by atoms with van der Waals surface area (Å²) in [6.07, 6.45) is 4.03. The summed E-state index contributed by atoms with van der Waals surface area (Å²) < 4.78 is 7.02. The van der Waals surface area contributed by atoms with Gasteiger partial charge >= 0.3 is 0 Å². The maximum absolute atomic E-state index is 4.80. The largest absolute Gasteiger partial charge is 0.344 e. The van der Waals surface area contributed by atoms with Crippen molar-refractivity contribution in [1.82, 2.24) is 24.8 Å². The monoisotopic (exact) mass is 409 g/mol. The molecule has 0 aliphatic carbocycles. The number of benzene rings is 2. The zero-order valence-corrected chi connectivity index (χ0v) is 16.8.